The lowest BCUT2D eigenvalue weighted by Gasteiger charge is -2.47. The molecule has 0 aliphatic carbocycles. The third kappa shape index (κ3) is 7.77. The molecule has 3 N–H and O–H groups in total. The highest BCUT2D eigenvalue weighted by Crippen LogP contribution is 2.40. The number of guanidine groups is 2. The van der Waals surface area contributed by atoms with E-state index in [0.717, 1.165) is 37.3 Å². The number of rotatable bonds is 16. The molecule has 0 unspecified atom stereocenters. The summed E-state index contributed by atoms with van der Waals surface area (Å²) in [4.78, 5) is 21.0. The SMILES string of the molecule is CCCCCCC[C@@H]1C[C@@H]2CC[C@H]3[C@H](C(=O)O[C@H](C)CCCCCCC[C@@H]4C[C@@H]5CC[C@@H]6C[C@H](C)NC(=[N+]65)N4)[C@H](C)N=C(N1)N23. The average Bonchev–Trinajstić information content (AvgIpc) is 3.61. The molecule has 0 aromatic carbocycles. The topological polar surface area (TPSA) is 81.0 Å². The van der Waals surface area contributed by atoms with E-state index < -0.39 is 0 Å². The predicted octanol–water partition coefficient (Wildman–Crippen LogP) is 6.22. The van der Waals surface area contributed by atoms with E-state index in [2.05, 4.69) is 53.1 Å². The Morgan fingerprint density at radius 2 is 1.56 bits per heavy atom. The van der Waals surface area contributed by atoms with Crippen molar-refractivity contribution in [2.75, 3.05) is 0 Å². The van der Waals surface area contributed by atoms with Gasteiger partial charge in [-0.2, -0.15) is 0 Å². The number of carbonyl (C=O) groups is 1. The summed E-state index contributed by atoms with van der Waals surface area (Å²) in [6.45, 7) is 8.82. The first-order chi connectivity index (χ1) is 21.9. The Bertz CT molecular complexity index is 1060. The molecule has 10 atom stereocenters. The number of hydrogen-bond acceptors (Lipinski definition) is 7. The zero-order valence-electron chi connectivity index (χ0n) is 29.1. The van der Waals surface area contributed by atoms with Crippen LogP contribution in [0.1, 0.15) is 156 Å². The molecule has 0 aromatic heterocycles. The van der Waals surface area contributed by atoms with Crippen LogP contribution in [0, 0.1) is 5.92 Å². The van der Waals surface area contributed by atoms with Crippen LogP contribution in [0.4, 0.5) is 0 Å². The molecule has 6 rings (SSSR count). The summed E-state index contributed by atoms with van der Waals surface area (Å²) in [7, 11) is 0. The van der Waals surface area contributed by atoms with Gasteiger partial charge >= 0.3 is 11.9 Å². The van der Waals surface area contributed by atoms with E-state index >= 15 is 0 Å². The quantitative estimate of drug-likeness (QED) is 0.107. The second kappa shape index (κ2) is 15.3. The molecular weight excluding hydrogens is 560 g/mol. The number of unbranched alkanes of at least 4 members (excludes halogenated alkanes) is 8. The Balaban J connectivity index is 0.868. The predicted molar refractivity (Wildman–Crippen MR) is 183 cm³/mol. The summed E-state index contributed by atoms with van der Waals surface area (Å²) in [5.41, 5.74) is 0. The second-order valence-corrected chi connectivity index (χ2v) is 15.8. The van der Waals surface area contributed by atoms with Gasteiger partial charge in [-0.05, 0) is 78.6 Å². The number of esters is 1. The van der Waals surface area contributed by atoms with Crippen LogP contribution < -0.4 is 16.0 Å². The van der Waals surface area contributed by atoms with Crippen LogP contribution in [-0.2, 0) is 9.53 Å². The standard InChI is InChI=1S/C37H64N6O2/c1-5-6-7-9-13-16-29-24-32-20-21-33-34(27(4)39-37(41-29)43(32)33)35(44)45-26(3)15-12-10-8-11-14-17-28-23-31-19-18-30-22-25(2)38-36(40-28)42(30)31/h25-34H,5-24H2,1-4H3,(H2,38,39,40,41)/p+1/t25-,26+,27-,28+,29+,30+,31-,32-,33-,34+/m0/s1. The molecule has 6 aliphatic heterocycles. The van der Waals surface area contributed by atoms with Crippen molar-refractivity contribution in [2.24, 2.45) is 10.9 Å². The van der Waals surface area contributed by atoms with E-state index in [0.29, 0.717) is 24.2 Å². The normalized spacial score (nSPS) is 35.5. The lowest BCUT2D eigenvalue weighted by molar-refractivity contribution is -0.593. The van der Waals surface area contributed by atoms with Crippen molar-refractivity contribution in [3.8, 4) is 0 Å². The monoisotopic (exact) mass is 626 g/mol. The van der Waals surface area contributed by atoms with Crippen LogP contribution >= 0.6 is 0 Å². The van der Waals surface area contributed by atoms with Gasteiger partial charge in [0, 0.05) is 31.0 Å². The van der Waals surface area contributed by atoms with Crippen molar-refractivity contribution in [1.82, 2.24) is 20.9 Å². The van der Waals surface area contributed by atoms with Gasteiger partial charge in [-0.1, -0.05) is 64.7 Å². The third-order valence-corrected chi connectivity index (χ3v) is 12.1. The van der Waals surface area contributed by atoms with E-state index in [9.17, 15) is 4.79 Å². The lowest BCUT2D eigenvalue weighted by atomic mass is 9.89. The summed E-state index contributed by atoms with van der Waals surface area (Å²) in [6.07, 6.45) is 25.1. The number of aliphatic imine (C=N–C) groups is 1. The van der Waals surface area contributed by atoms with Crippen LogP contribution in [0.15, 0.2) is 4.99 Å². The number of hydrogen-bond donors (Lipinski definition) is 3. The fourth-order valence-electron chi connectivity index (χ4n) is 9.85. The van der Waals surface area contributed by atoms with Gasteiger partial charge in [0.25, 0.3) is 0 Å². The molecule has 0 amide bonds. The molecule has 0 saturated carbocycles. The van der Waals surface area contributed by atoms with Gasteiger partial charge in [-0.25, -0.2) is 4.99 Å². The Morgan fingerprint density at radius 1 is 0.867 bits per heavy atom. The van der Waals surface area contributed by atoms with Crippen molar-refractivity contribution in [1.29, 1.82) is 0 Å². The van der Waals surface area contributed by atoms with Gasteiger partial charge in [-0.15, -0.1) is 0 Å². The summed E-state index contributed by atoms with van der Waals surface area (Å²) >= 11 is 0. The minimum atomic E-state index is -0.144. The molecule has 0 spiro atoms. The maximum absolute atomic E-state index is 13.5. The minimum absolute atomic E-state index is 0.0177. The summed E-state index contributed by atoms with van der Waals surface area (Å²) in [5, 5.41) is 11.4. The van der Waals surface area contributed by atoms with E-state index in [1.807, 2.05) is 0 Å². The largest absolute Gasteiger partial charge is 0.462 e. The maximum atomic E-state index is 13.5. The van der Waals surface area contributed by atoms with E-state index in [-0.39, 0.29) is 30.1 Å². The van der Waals surface area contributed by atoms with Crippen LogP contribution in [0.2, 0.25) is 0 Å². The second-order valence-electron chi connectivity index (χ2n) is 15.8. The molecule has 3 fully saturated rings. The van der Waals surface area contributed by atoms with Crippen molar-refractivity contribution in [2.45, 2.75) is 211 Å². The molecular formula is C37H65N6O2+. The van der Waals surface area contributed by atoms with Crippen molar-refractivity contribution >= 4 is 17.9 Å². The minimum Gasteiger partial charge on any atom is -0.462 e. The Kier molecular flexibility index (Phi) is 11.2. The van der Waals surface area contributed by atoms with Crippen molar-refractivity contribution < 1.29 is 14.1 Å². The van der Waals surface area contributed by atoms with Gasteiger partial charge in [0.05, 0.1) is 42.2 Å². The van der Waals surface area contributed by atoms with E-state index in [1.54, 1.807) is 0 Å². The fraction of sp³-hybridized carbons (Fsp3) is 0.919. The Labute approximate surface area is 274 Å². The molecule has 6 heterocycles. The molecule has 3 saturated heterocycles. The highest BCUT2D eigenvalue weighted by Gasteiger charge is 2.51. The highest BCUT2D eigenvalue weighted by molar-refractivity contribution is 5.86. The summed E-state index contributed by atoms with van der Waals surface area (Å²) in [5.74, 6) is 2.22. The van der Waals surface area contributed by atoms with Gasteiger partial charge in [0.15, 0.2) is 5.96 Å². The smallest absolute Gasteiger partial charge is 0.346 e. The van der Waals surface area contributed by atoms with Crippen LogP contribution in [-0.4, -0.2) is 81.8 Å². The third-order valence-electron chi connectivity index (χ3n) is 12.1. The number of carbonyl (C=O) groups excluding carboxylic acids is 1. The van der Waals surface area contributed by atoms with Crippen LogP contribution in [0.5, 0.6) is 0 Å². The number of ether oxygens (including phenoxy) is 1. The highest BCUT2D eigenvalue weighted by atomic mass is 16.5. The molecule has 0 aromatic rings. The zero-order chi connectivity index (χ0) is 31.3. The summed E-state index contributed by atoms with van der Waals surface area (Å²) in [6, 6.07) is 3.99. The van der Waals surface area contributed by atoms with Gasteiger partial charge < -0.3 is 15.0 Å². The van der Waals surface area contributed by atoms with Gasteiger partial charge in [-0.3, -0.25) is 20.0 Å². The molecule has 6 aliphatic rings. The number of nitrogens with zero attached hydrogens (tertiary/aromatic N) is 3. The van der Waals surface area contributed by atoms with Crippen LogP contribution in [0.25, 0.3) is 0 Å². The average molecular weight is 626 g/mol. The maximum Gasteiger partial charge on any atom is 0.346 e. The molecule has 254 valence electrons. The fourth-order valence-corrected chi connectivity index (χ4v) is 9.85. The zero-order valence-corrected chi connectivity index (χ0v) is 29.1. The first-order valence-electron chi connectivity index (χ1n) is 19.4. The Morgan fingerprint density at radius 3 is 2.33 bits per heavy atom. The van der Waals surface area contributed by atoms with Crippen molar-refractivity contribution in [3.05, 3.63) is 0 Å². The molecule has 8 nitrogen and oxygen atoms in total. The molecule has 0 radical (unpaired) electrons. The molecule has 45 heavy (non-hydrogen) atoms. The van der Waals surface area contributed by atoms with E-state index in [4.69, 9.17) is 9.73 Å². The van der Waals surface area contributed by atoms with Gasteiger partial charge in [0.1, 0.15) is 0 Å². The van der Waals surface area contributed by atoms with Gasteiger partial charge in [0.2, 0.25) is 0 Å². The first kappa shape index (κ1) is 32.9. The van der Waals surface area contributed by atoms with E-state index in [1.165, 1.54) is 115 Å². The first-order valence-corrected chi connectivity index (χ1v) is 19.4. The Hall–Kier alpha value is -1.99. The lowest BCUT2D eigenvalue weighted by Crippen LogP contribution is -2.63. The van der Waals surface area contributed by atoms with Crippen molar-refractivity contribution in [3.63, 3.8) is 0 Å². The van der Waals surface area contributed by atoms with Crippen LogP contribution in [0.3, 0.4) is 0 Å². The summed E-state index contributed by atoms with van der Waals surface area (Å²) < 4.78 is 8.77. The number of nitrogens with one attached hydrogen (secondary N) is 3. The molecule has 8 heteroatoms. The molecule has 0 bridgehead atoms.